The van der Waals surface area contributed by atoms with Crippen LogP contribution in [0.3, 0.4) is 0 Å². The lowest BCUT2D eigenvalue weighted by Crippen LogP contribution is -3.13. The average Bonchev–Trinajstić information content (AvgIpc) is 3.11. The molecule has 0 unspecified atom stereocenters. The van der Waals surface area contributed by atoms with E-state index in [4.69, 9.17) is 14.2 Å². The number of hydrogen-bond acceptors (Lipinski definition) is 4. The molecule has 5 nitrogen and oxygen atoms in total. The van der Waals surface area contributed by atoms with Gasteiger partial charge in [0.25, 0.3) is 0 Å². The SMILES string of the molecule is COc1ccc([C@H](c2cc3c(cc2O)OCO3)[NH+]2CCCCC2)cc1. The second kappa shape index (κ2) is 6.84. The van der Waals surface area contributed by atoms with Gasteiger partial charge < -0.3 is 24.2 Å². The zero-order valence-electron chi connectivity index (χ0n) is 14.5. The number of likely N-dealkylation sites (tertiary alicyclic amines) is 1. The van der Waals surface area contributed by atoms with Gasteiger partial charge in [-0.05, 0) is 49.6 Å². The molecule has 0 saturated carbocycles. The summed E-state index contributed by atoms with van der Waals surface area (Å²) in [5.74, 6) is 2.43. The third-order valence-electron chi connectivity index (χ3n) is 5.19. The van der Waals surface area contributed by atoms with E-state index >= 15 is 0 Å². The summed E-state index contributed by atoms with van der Waals surface area (Å²) in [4.78, 5) is 1.48. The average molecular weight is 342 g/mol. The molecule has 1 fully saturated rings. The third kappa shape index (κ3) is 3.12. The van der Waals surface area contributed by atoms with E-state index in [1.54, 1.807) is 13.2 Å². The number of phenolic OH excluding ortho intramolecular Hbond substituents is 1. The lowest BCUT2D eigenvalue weighted by atomic mass is 9.93. The maximum Gasteiger partial charge on any atom is 0.231 e. The molecule has 2 aromatic carbocycles. The quantitative estimate of drug-likeness (QED) is 0.895. The lowest BCUT2D eigenvalue weighted by Gasteiger charge is -2.32. The monoisotopic (exact) mass is 342 g/mol. The smallest absolute Gasteiger partial charge is 0.231 e. The standard InChI is InChI=1S/C20H23NO4/c1-23-15-7-5-14(6-8-15)20(21-9-3-2-4-10-21)16-11-18-19(12-17(16)22)25-13-24-18/h5-8,11-12,20,22H,2-4,9-10,13H2,1H3/p+1/t20-/m1/s1. The highest BCUT2D eigenvalue weighted by molar-refractivity contribution is 5.53. The molecule has 0 aromatic heterocycles. The number of hydrogen-bond donors (Lipinski definition) is 2. The van der Waals surface area contributed by atoms with Crippen LogP contribution in [0.5, 0.6) is 23.0 Å². The van der Waals surface area contributed by atoms with Gasteiger partial charge in [0.15, 0.2) is 11.5 Å². The van der Waals surface area contributed by atoms with E-state index < -0.39 is 0 Å². The van der Waals surface area contributed by atoms with Gasteiger partial charge >= 0.3 is 0 Å². The highest BCUT2D eigenvalue weighted by atomic mass is 16.7. The summed E-state index contributed by atoms with van der Waals surface area (Å²) in [6, 6.07) is 11.8. The molecule has 5 heteroatoms. The predicted octanol–water partition coefficient (Wildman–Crippen LogP) is 2.29. The van der Waals surface area contributed by atoms with Gasteiger partial charge in [-0.15, -0.1) is 0 Å². The number of phenols is 1. The van der Waals surface area contributed by atoms with Crippen molar-refractivity contribution in [1.82, 2.24) is 0 Å². The topological polar surface area (TPSA) is 52.4 Å². The first kappa shape index (κ1) is 16.1. The van der Waals surface area contributed by atoms with Crippen molar-refractivity contribution in [3.05, 3.63) is 47.5 Å². The maximum absolute atomic E-state index is 10.7. The Morgan fingerprint density at radius 2 is 1.68 bits per heavy atom. The van der Waals surface area contributed by atoms with Crippen LogP contribution in [0.15, 0.2) is 36.4 Å². The van der Waals surface area contributed by atoms with Crippen molar-refractivity contribution in [2.75, 3.05) is 27.0 Å². The fourth-order valence-electron chi connectivity index (χ4n) is 3.90. The van der Waals surface area contributed by atoms with Crippen molar-refractivity contribution in [3.8, 4) is 23.0 Å². The number of methoxy groups -OCH3 is 1. The number of nitrogens with one attached hydrogen (secondary N) is 1. The molecular formula is C20H24NO4+. The fourth-order valence-corrected chi connectivity index (χ4v) is 3.90. The van der Waals surface area contributed by atoms with Crippen LogP contribution in [-0.4, -0.2) is 32.1 Å². The first-order valence-corrected chi connectivity index (χ1v) is 8.87. The van der Waals surface area contributed by atoms with Gasteiger partial charge in [0, 0.05) is 11.6 Å². The predicted molar refractivity (Wildman–Crippen MR) is 93.6 cm³/mol. The second-order valence-corrected chi connectivity index (χ2v) is 6.69. The fraction of sp³-hybridized carbons (Fsp3) is 0.400. The molecule has 25 heavy (non-hydrogen) atoms. The Morgan fingerprint density at radius 1 is 1.00 bits per heavy atom. The number of quaternary nitrogens is 1. The Bertz CT molecular complexity index is 738. The minimum Gasteiger partial charge on any atom is -0.507 e. The molecule has 0 radical (unpaired) electrons. The molecule has 2 aliphatic rings. The molecule has 0 aliphatic carbocycles. The van der Waals surface area contributed by atoms with E-state index in [1.807, 2.05) is 18.2 Å². The van der Waals surface area contributed by atoms with Crippen molar-refractivity contribution >= 4 is 0 Å². The lowest BCUT2D eigenvalue weighted by molar-refractivity contribution is -0.930. The normalized spacial score (nSPS) is 18.1. The van der Waals surface area contributed by atoms with Crippen LogP contribution in [0.2, 0.25) is 0 Å². The highest BCUT2D eigenvalue weighted by Gasteiger charge is 2.32. The molecule has 1 atom stereocenters. The van der Waals surface area contributed by atoms with E-state index in [-0.39, 0.29) is 18.6 Å². The number of benzene rings is 2. The van der Waals surface area contributed by atoms with Crippen LogP contribution in [-0.2, 0) is 0 Å². The van der Waals surface area contributed by atoms with Gasteiger partial charge in [0.2, 0.25) is 6.79 Å². The van der Waals surface area contributed by atoms with Crippen molar-refractivity contribution < 1.29 is 24.2 Å². The van der Waals surface area contributed by atoms with E-state index in [2.05, 4.69) is 12.1 Å². The summed E-state index contributed by atoms with van der Waals surface area (Å²) in [5, 5.41) is 10.7. The van der Waals surface area contributed by atoms with Crippen LogP contribution in [0, 0.1) is 0 Å². The Morgan fingerprint density at radius 3 is 2.36 bits per heavy atom. The number of aromatic hydroxyl groups is 1. The highest BCUT2D eigenvalue weighted by Crippen LogP contribution is 2.40. The van der Waals surface area contributed by atoms with Crippen LogP contribution >= 0.6 is 0 Å². The summed E-state index contributed by atoms with van der Waals surface area (Å²) >= 11 is 0. The van der Waals surface area contributed by atoms with Crippen molar-refractivity contribution in [1.29, 1.82) is 0 Å². The molecule has 0 spiro atoms. The van der Waals surface area contributed by atoms with Crippen LogP contribution in [0.1, 0.15) is 36.4 Å². The van der Waals surface area contributed by atoms with E-state index in [0.29, 0.717) is 11.5 Å². The minimum absolute atomic E-state index is 0.0701. The van der Waals surface area contributed by atoms with E-state index in [1.165, 1.54) is 29.7 Å². The summed E-state index contributed by atoms with van der Waals surface area (Å²) < 4.78 is 16.2. The zero-order chi connectivity index (χ0) is 17.2. The van der Waals surface area contributed by atoms with Gasteiger partial charge in [-0.1, -0.05) is 0 Å². The zero-order valence-corrected chi connectivity index (χ0v) is 14.5. The van der Waals surface area contributed by atoms with Gasteiger partial charge in [-0.2, -0.15) is 0 Å². The van der Waals surface area contributed by atoms with Crippen LogP contribution in [0.4, 0.5) is 0 Å². The Labute approximate surface area is 147 Å². The molecule has 0 bridgehead atoms. The van der Waals surface area contributed by atoms with Gasteiger partial charge in [-0.25, -0.2) is 0 Å². The molecular weight excluding hydrogens is 318 g/mol. The Hall–Kier alpha value is -2.40. The van der Waals surface area contributed by atoms with Crippen molar-refractivity contribution in [2.45, 2.75) is 25.3 Å². The van der Waals surface area contributed by atoms with Gasteiger partial charge in [-0.3, -0.25) is 0 Å². The van der Waals surface area contributed by atoms with Crippen LogP contribution < -0.4 is 19.1 Å². The summed E-state index contributed by atoms with van der Waals surface area (Å²) in [6.07, 6.45) is 3.71. The Kier molecular flexibility index (Phi) is 4.40. The summed E-state index contributed by atoms with van der Waals surface area (Å²) in [6.45, 7) is 2.41. The van der Waals surface area contributed by atoms with Crippen molar-refractivity contribution in [2.24, 2.45) is 0 Å². The summed E-state index contributed by atoms with van der Waals surface area (Å²) in [5.41, 5.74) is 2.07. The molecule has 132 valence electrons. The van der Waals surface area contributed by atoms with Crippen LogP contribution in [0.25, 0.3) is 0 Å². The van der Waals surface area contributed by atoms with Gasteiger partial charge in [0.05, 0.1) is 25.8 Å². The van der Waals surface area contributed by atoms with E-state index in [0.717, 1.165) is 24.4 Å². The minimum atomic E-state index is 0.0701. The number of ether oxygens (including phenoxy) is 3. The second-order valence-electron chi connectivity index (χ2n) is 6.69. The largest absolute Gasteiger partial charge is 0.507 e. The first-order chi connectivity index (χ1) is 12.3. The number of rotatable bonds is 4. The van der Waals surface area contributed by atoms with Gasteiger partial charge in [0.1, 0.15) is 17.5 Å². The van der Waals surface area contributed by atoms with Crippen molar-refractivity contribution in [3.63, 3.8) is 0 Å². The summed E-state index contributed by atoms with van der Waals surface area (Å²) in [7, 11) is 1.67. The molecule has 0 amide bonds. The molecule has 2 heterocycles. The Balaban J connectivity index is 1.76. The third-order valence-corrected chi connectivity index (χ3v) is 5.19. The molecule has 2 aromatic rings. The molecule has 2 aliphatic heterocycles. The molecule has 2 N–H and O–H groups in total. The van der Waals surface area contributed by atoms with E-state index in [9.17, 15) is 5.11 Å². The first-order valence-electron chi connectivity index (χ1n) is 8.87. The molecule has 4 rings (SSSR count). The number of piperidine rings is 1. The number of fused-ring (bicyclic) bond motifs is 1. The molecule has 1 saturated heterocycles. The maximum atomic E-state index is 10.7.